The maximum atomic E-state index is 11.0. The molecule has 0 atom stereocenters. The Morgan fingerprint density at radius 2 is 1.88 bits per heavy atom. The van der Waals surface area contributed by atoms with Gasteiger partial charge in [-0.15, -0.1) is 0 Å². The monoisotopic (exact) mass is 219 g/mol. The van der Waals surface area contributed by atoms with E-state index >= 15 is 0 Å². The molecule has 1 aromatic carbocycles. The van der Waals surface area contributed by atoms with Crippen LogP contribution in [0.5, 0.6) is 0 Å². The van der Waals surface area contributed by atoms with Crippen molar-refractivity contribution in [1.29, 1.82) is 0 Å². The van der Waals surface area contributed by atoms with Gasteiger partial charge in [-0.3, -0.25) is 4.79 Å². The molecular formula is C12H13NO3. The first-order valence-electron chi connectivity index (χ1n) is 4.74. The Hall–Kier alpha value is -2.10. The zero-order chi connectivity index (χ0) is 12.0. The number of hydrogen-bond donors (Lipinski definition) is 1. The highest BCUT2D eigenvalue weighted by Crippen LogP contribution is 2.12. The van der Waals surface area contributed by atoms with Gasteiger partial charge < -0.3 is 10.1 Å². The molecule has 0 spiro atoms. The summed E-state index contributed by atoms with van der Waals surface area (Å²) < 4.78 is 4.53. The molecule has 2 rings (SSSR count). The SMILES string of the molecule is C=C(C(=O)OC)c1ccccc1.O=C1CN1. The van der Waals surface area contributed by atoms with Crippen molar-refractivity contribution in [2.45, 2.75) is 0 Å². The molecule has 0 unspecified atom stereocenters. The lowest BCUT2D eigenvalue weighted by Crippen LogP contribution is -2.01. The van der Waals surface area contributed by atoms with Gasteiger partial charge in [-0.05, 0) is 5.56 Å². The van der Waals surface area contributed by atoms with Crippen LogP contribution in [0.2, 0.25) is 0 Å². The Morgan fingerprint density at radius 1 is 1.38 bits per heavy atom. The number of carbonyl (C=O) groups is 2. The van der Waals surface area contributed by atoms with Crippen LogP contribution >= 0.6 is 0 Å². The number of nitrogens with one attached hydrogen (secondary N) is 1. The molecule has 1 N–H and O–H groups in total. The molecule has 16 heavy (non-hydrogen) atoms. The van der Waals surface area contributed by atoms with Crippen molar-refractivity contribution in [2.75, 3.05) is 13.7 Å². The number of hydrogen-bond acceptors (Lipinski definition) is 3. The number of esters is 1. The standard InChI is InChI=1S/C10H10O2.C2H3NO/c1-8(10(11)12-2)9-6-4-3-5-7-9;4-2-1-3-2/h3-7H,1H2,2H3;1H2,(H,3,4). The molecular weight excluding hydrogens is 206 g/mol. The Morgan fingerprint density at radius 3 is 2.25 bits per heavy atom. The summed E-state index contributed by atoms with van der Waals surface area (Å²) in [6, 6.07) is 9.22. The van der Waals surface area contributed by atoms with E-state index < -0.39 is 0 Å². The average molecular weight is 219 g/mol. The summed E-state index contributed by atoms with van der Waals surface area (Å²) in [6.07, 6.45) is 0. The molecule has 1 amide bonds. The zero-order valence-electron chi connectivity index (χ0n) is 9.03. The molecule has 0 radical (unpaired) electrons. The maximum absolute atomic E-state index is 11.0. The summed E-state index contributed by atoms with van der Waals surface area (Å²) in [5.41, 5.74) is 1.18. The highest BCUT2D eigenvalue weighted by atomic mass is 16.5. The fourth-order valence-corrected chi connectivity index (χ4v) is 0.916. The zero-order valence-corrected chi connectivity index (χ0v) is 9.03. The Kier molecular flexibility index (Phi) is 4.27. The summed E-state index contributed by atoms with van der Waals surface area (Å²) >= 11 is 0. The van der Waals surface area contributed by atoms with Crippen LogP contribution < -0.4 is 5.32 Å². The van der Waals surface area contributed by atoms with E-state index in [-0.39, 0.29) is 11.9 Å². The van der Waals surface area contributed by atoms with Gasteiger partial charge in [0.2, 0.25) is 5.91 Å². The third-order valence-corrected chi connectivity index (χ3v) is 1.88. The highest BCUT2D eigenvalue weighted by molar-refractivity contribution is 6.15. The lowest BCUT2D eigenvalue weighted by molar-refractivity contribution is -0.133. The van der Waals surface area contributed by atoms with Crippen LogP contribution in [0.25, 0.3) is 5.57 Å². The van der Waals surface area contributed by atoms with E-state index in [9.17, 15) is 9.59 Å². The molecule has 0 aromatic heterocycles. The van der Waals surface area contributed by atoms with Crippen molar-refractivity contribution < 1.29 is 14.3 Å². The minimum atomic E-state index is -0.388. The molecule has 0 aliphatic carbocycles. The van der Waals surface area contributed by atoms with Crippen LogP contribution in [-0.4, -0.2) is 25.5 Å². The maximum Gasteiger partial charge on any atom is 0.337 e. The second kappa shape index (κ2) is 5.70. The number of amides is 1. The molecule has 1 aliphatic rings. The molecule has 4 nitrogen and oxygen atoms in total. The molecule has 1 aromatic rings. The molecule has 0 bridgehead atoms. The largest absolute Gasteiger partial charge is 0.465 e. The van der Waals surface area contributed by atoms with Crippen LogP contribution in [0.1, 0.15) is 5.56 Å². The van der Waals surface area contributed by atoms with Gasteiger partial charge in [0, 0.05) is 0 Å². The Labute approximate surface area is 93.9 Å². The fourth-order valence-electron chi connectivity index (χ4n) is 0.916. The van der Waals surface area contributed by atoms with Gasteiger partial charge in [0.25, 0.3) is 0 Å². The van der Waals surface area contributed by atoms with Crippen LogP contribution in [-0.2, 0) is 14.3 Å². The van der Waals surface area contributed by atoms with Crippen molar-refractivity contribution in [3.05, 3.63) is 42.5 Å². The molecule has 1 aliphatic heterocycles. The van der Waals surface area contributed by atoms with Gasteiger partial charge >= 0.3 is 5.97 Å². The average Bonchev–Trinajstić information content (AvgIpc) is 3.11. The van der Waals surface area contributed by atoms with E-state index in [1.807, 2.05) is 30.3 Å². The third-order valence-electron chi connectivity index (χ3n) is 1.88. The topological polar surface area (TPSA) is 65.3 Å². The predicted octanol–water partition coefficient (Wildman–Crippen LogP) is 0.989. The lowest BCUT2D eigenvalue weighted by atomic mass is 10.1. The summed E-state index contributed by atoms with van der Waals surface area (Å²) in [6.45, 7) is 4.22. The first-order chi connectivity index (χ1) is 7.65. The van der Waals surface area contributed by atoms with Crippen LogP contribution in [0.3, 0.4) is 0 Å². The lowest BCUT2D eigenvalue weighted by Gasteiger charge is -2.01. The molecule has 1 heterocycles. The number of rotatable bonds is 2. The van der Waals surface area contributed by atoms with Gasteiger partial charge in [-0.1, -0.05) is 36.9 Å². The summed E-state index contributed by atoms with van der Waals surface area (Å²) in [7, 11) is 1.34. The predicted molar refractivity (Wildman–Crippen MR) is 60.5 cm³/mol. The Bertz CT molecular complexity index is 392. The molecule has 84 valence electrons. The summed E-state index contributed by atoms with van der Waals surface area (Å²) in [5.74, 6) is -0.221. The van der Waals surface area contributed by atoms with Gasteiger partial charge in [-0.25, -0.2) is 4.79 Å². The van der Waals surface area contributed by atoms with Crippen LogP contribution in [0.15, 0.2) is 36.9 Å². The van der Waals surface area contributed by atoms with E-state index in [1.54, 1.807) is 0 Å². The second-order valence-corrected chi connectivity index (χ2v) is 3.11. The van der Waals surface area contributed by atoms with Crippen molar-refractivity contribution in [3.63, 3.8) is 0 Å². The smallest absolute Gasteiger partial charge is 0.337 e. The van der Waals surface area contributed by atoms with Gasteiger partial charge in [-0.2, -0.15) is 0 Å². The van der Waals surface area contributed by atoms with E-state index in [2.05, 4.69) is 16.6 Å². The number of carbonyl (C=O) groups excluding carboxylic acids is 2. The normalized spacial score (nSPS) is 11.7. The van der Waals surface area contributed by atoms with Gasteiger partial charge in [0.05, 0.1) is 19.2 Å². The Balaban J connectivity index is 0.000000267. The number of benzene rings is 1. The third kappa shape index (κ3) is 3.96. The highest BCUT2D eigenvalue weighted by Gasteiger charge is 2.10. The minimum absolute atomic E-state index is 0.167. The quantitative estimate of drug-likeness (QED) is 0.458. The van der Waals surface area contributed by atoms with E-state index in [1.165, 1.54) is 7.11 Å². The minimum Gasteiger partial charge on any atom is -0.465 e. The molecule has 4 heteroatoms. The second-order valence-electron chi connectivity index (χ2n) is 3.11. The summed E-state index contributed by atoms with van der Waals surface area (Å²) in [4.78, 5) is 20.4. The number of ether oxygens (including phenoxy) is 1. The van der Waals surface area contributed by atoms with Gasteiger partial charge in [0.1, 0.15) is 0 Å². The van der Waals surface area contributed by atoms with E-state index in [0.717, 1.165) is 5.56 Å². The van der Waals surface area contributed by atoms with Crippen LogP contribution in [0, 0.1) is 0 Å². The van der Waals surface area contributed by atoms with Gasteiger partial charge in [0.15, 0.2) is 0 Å². The molecule has 1 fully saturated rings. The van der Waals surface area contributed by atoms with Crippen molar-refractivity contribution in [1.82, 2.24) is 5.32 Å². The van der Waals surface area contributed by atoms with Crippen molar-refractivity contribution in [3.8, 4) is 0 Å². The molecule has 0 saturated carbocycles. The van der Waals surface area contributed by atoms with E-state index in [0.29, 0.717) is 12.1 Å². The molecule has 1 saturated heterocycles. The first kappa shape index (κ1) is 12.0. The fraction of sp³-hybridized carbons (Fsp3) is 0.167. The van der Waals surface area contributed by atoms with Crippen LogP contribution in [0.4, 0.5) is 0 Å². The van der Waals surface area contributed by atoms with Crippen molar-refractivity contribution in [2.24, 2.45) is 0 Å². The van der Waals surface area contributed by atoms with E-state index in [4.69, 9.17) is 0 Å². The first-order valence-corrected chi connectivity index (χ1v) is 4.74. The summed E-state index contributed by atoms with van der Waals surface area (Å²) in [5, 5.41) is 2.46. The number of methoxy groups -OCH3 is 1. The van der Waals surface area contributed by atoms with Crippen molar-refractivity contribution >= 4 is 17.4 Å².